The number of benzene rings is 1. The number of para-hydroxylation sites is 1. The summed E-state index contributed by atoms with van der Waals surface area (Å²) in [7, 11) is 0. The largest absolute Gasteiger partial charge is 0.481 e. The number of hydrogen-bond donors (Lipinski definition) is 2. The standard InChI is InChI=1S/C16H21NO4/c1-2-21-16(20)13-8-3-4-9-14(13)17-12-7-5-6-11(10-12)15(18)19/h3-4,8-9,11-12,17H,2,5-7,10H2,1H3,(H,18,19). The first kappa shape index (κ1) is 15.4. The Bertz CT molecular complexity index is 515. The molecule has 0 heterocycles. The van der Waals surface area contributed by atoms with Crippen LogP contribution in [0.1, 0.15) is 43.0 Å². The minimum absolute atomic E-state index is 0.0791. The number of hydrogen-bond acceptors (Lipinski definition) is 4. The molecule has 5 heteroatoms. The molecular weight excluding hydrogens is 270 g/mol. The lowest BCUT2D eigenvalue weighted by molar-refractivity contribution is -0.142. The first-order valence-electron chi connectivity index (χ1n) is 7.37. The summed E-state index contributed by atoms with van der Waals surface area (Å²) in [6.45, 7) is 2.10. The predicted molar refractivity (Wildman–Crippen MR) is 79.4 cm³/mol. The number of esters is 1. The molecule has 0 spiro atoms. The molecule has 0 radical (unpaired) electrons. The van der Waals surface area contributed by atoms with Gasteiger partial charge in [0, 0.05) is 11.7 Å². The lowest BCUT2D eigenvalue weighted by Crippen LogP contribution is -2.31. The van der Waals surface area contributed by atoms with E-state index in [4.69, 9.17) is 9.84 Å². The van der Waals surface area contributed by atoms with Gasteiger partial charge in [0.25, 0.3) is 0 Å². The van der Waals surface area contributed by atoms with Crippen molar-refractivity contribution < 1.29 is 19.4 Å². The molecule has 2 N–H and O–H groups in total. The van der Waals surface area contributed by atoms with Crippen LogP contribution in [0, 0.1) is 5.92 Å². The second-order valence-electron chi connectivity index (χ2n) is 5.31. The average molecular weight is 291 g/mol. The van der Waals surface area contributed by atoms with Gasteiger partial charge >= 0.3 is 11.9 Å². The third kappa shape index (κ3) is 3.97. The summed E-state index contributed by atoms with van der Waals surface area (Å²) in [6.07, 6.45) is 3.12. The smallest absolute Gasteiger partial charge is 0.340 e. The van der Waals surface area contributed by atoms with Crippen molar-refractivity contribution in [3.63, 3.8) is 0 Å². The van der Waals surface area contributed by atoms with Crippen molar-refractivity contribution in [3.8, 4) is 0 Å². The molecule has 0 aliphatic heterocycles. The zero-order valence-electron chi connectivity index (χ0n) is 12.2. The number of nitrogens with one attached hydrogen (secondary N) is 1. The Morgan fingerprint density at radius 2 is 2.10 bits per heavy atom. The fraction of sp³-hybridized carbons (Fsp3) is 0.500. The first-order valence-corrected chi connectivity index (χ1v) is 7.37. The number of carboxylic acids is 1. The quantitative estimate of drug-likeness (QED) is 0.816. The van der Waals surface area contributed by atoms with Crippen molar-refractivity contribution in [2.75, 3.05) is 11.9 Å². The molecule has 1 saturated carbocycles. The van der Waals surface area contributed by atoms with E-state index in [1.54, 1.807) is 19.1 Å². The summed E-state index contributed by atoms with van der Waals surface area (Å²) in [5, 5.41) is 12.4. The molecule has 0 aromatic heterocycles. The van der Waals surface area contributed by atoms with Crippen LogP contribution in [0.15, 0.2) is 24.3 Å². The van der Waals surface area contributed by atoms with Gasteiger partial charge in [0.05, 0.1) is 18.1 Å². The van der Waals surface area contributed by atoms with E-state index in [1.165, 1.54) is 0 Å². The van der Waals surface area contributed by atoms with Crippen molar-refractivity contribution in [2.24, 2.45) is 5.92 Å². The van der Waals surface area contributed by atoms with Crippen LogP contribution in [0.4, 0.5) is 5.69 Å². The Hall–Kier alpha value is -2.04. The lowest BCUT2D eigenvalue weighted by atomic mass is 9.85. The van der Waals surface area contributed by atoms with Crippen LogP contribution in [0.2, 0.25) is 0 Å². The van der Waals surface area contributed by atoms with E-state index in [0.717, 1.165) is 19.3 Å². The van der Waals surface area contributed by atoms with Gasteiger partial charge in [-0.15, -0.1) is 0 Å². The van der Waals surface area contributed by atoms with Crippen LogP contribution in [0.25, 0.3) is 0 Å². The van der Waals surface area contributed by atoms with Gasteiger partial charge in [-0.2, -0.15) is 0 Å². The first-order chi connectivity index (χ1) is 10.1. The van der Waals surface area contributed by atoms with E-state index in [-0.39, 0.29) is 17.9 Å². The summed E-state index contributed by atoms with van der Waals surface area (Å²) in [5.74, 6) is -1.39. The summed E-state index contributed by atoms with van der Waals surface area (Å²) in [5.41, 5.74) is 1.21. The van der Waals surface area contributed by atoms with Crippen LogP contribution in [0.3, 0.4) is 0 Å². The van der Waals surface area contributed by atoms with Gasteiger partial charge in [-0.3, -0.25) is 4.79 Å². The summed E-state index contributed by atoms with van der Waals surface area (Å²) >= 11 is 0. The second kappa shape index (κ2) is 7.11. The second-order valence-corrected chi connectivity index (χ2v) is 5.31. The molecule has 1 aromatic carbocycles. The van der Waals surface area contributed by atoms with E-state index in [0.29, 0.717) is 24.3 Å². The van der Waals surface area contributed by atoms with E-state index in [1.807, 2.05) is 12.1 Å². The van der Waals surface area contributed by atoms with E-state index < -0.39 is 5.97 Å². The number of carbonyl (C=O) groups excluding carboxylic acids is 1. The molecule has 1 fully saturated rings. The molecule has 5 nitrogen and oxygen atoms in total. The molecule has 1 aliphatic carbocycles. The Morgan fingerprint density at radius 1 is 1.33 bits per heavy atom. The summed E-state index contributed by atoms with van der Waals surface area (Å²) < 4.78 is 5.04. The Balaban J connectivity index is 2.09. The maximum atomic E-state index is 11.9. The van der Waals surface area contributed by atoms with Gasteiger partial charge < -0.3 is 15.2 Å². The fourth-order valence-corrected chi connectivity index (χ4v) is 2.76. The zero-order chi connectivity index (χ0) is 15.2. The number of carbonyl (C=O) groups is 2. The number of anilines is 1. The highest BCUT2D eigenvalue weighted by molar-refractivity contribution is 5.95. The normalized spacial score (nSPS) is 21.6. The summed E-state index contributed by atoms with van der Waals surface area (Å²) in [4.78, 5) is 23.0. The number of carboxylic acid groups (broad SMARTS) is 1. The lowest BCUT2D eigenvalue weighted by Gasteiger charge is -2.28. The zero-order valence-corrected chi connectivity index (χ0v) is 12.2. The molecule has 1 aliphatic rings. The maximum absolute atomic E-state index is 11.9. The van der Waals surface area contributed by atoms with Crippen LogP contribution in [0.5, 0.6) is 0 Å². The number of ether oxygens (including phenoxy) is 1. The number of rotatable bonds is 5. The predicted octanol–water partition coefficient (Wildman–Crippen LogP) is 2.92. The third-order valence-electron chi connectivity index (χ3n) is 3.81. The summed E-state index contributed by atoms with van der Waals surface area (Å²) in [6, 6.07) is 7.27. The van der Waals surface area contributed by atoms with Gasteiger partial charge in [0.15, 0.2) is 0 Å². The maximum Gasteiger partial charge on any atom is 0.340 e. The Morgan fingerprint density at radius 3 is 2.81 bits per heavy atom. The highest BCUT2D eigenvalue weighted by Crippen LogP contribution is 2.28. The molecule has 0 amide bonds. The van der Waals surface area contributed by atoms with Crippen molar-refractivity contribution in [2.45, 2.75) is 38.6 Å². The van der Waals surface area contributed by atoms with Gasteiger partial charge in [0.1, 0.15) is 0 Å². The van der Waals surface area contributed by atoms with Gasteiger partial charge in [0.2, 0.25) is 0 Å². The van der Waals surface area contributed by atoms with Crippen molar-refractivity contribution >= 4 is 17.6 Å². The monoisotopic (exact) mass is 291 g/mol. The average Bonchev–Trinajstić information content (AvgIpc) is 2.48. The van der Waals surface area contributed by atoms with Crippen molar-refractivity contribution in [3.05, 3.63) is 29.8 Å². The minimum atomic E-state index is -0.736. The van der Waals surface area contributed by atoms with Gasteiger partial charge in [-0.1, -0.05) is 18.6 Å². The van der Waals surface area contributed by atoms with E-state index >= 15 is 0 Å². The highest BCUT2D eigenvalue weighted by Gasteiger charge is 2.27. The van der Waals surface area contributed by atoms with Crippen LogP contribution in [-0.4, -0.2) is 29.7 Å². The van der Waals surface area contributed by atoms with E-state index in [9.17, 15) is 9.59 Å². The molecule has 2 unspecified atom stereocenters. The Kier molecular flexibility index (Phi) is 5.20. The molecule has 114 valence electrons. The topological polar surface area (TPSA) is 75.6 Å². The van der Waals surface area contributed by atoms with Crippen LogP contribution < -0.4 is 5.32 Å². The van der Waals surface area contributed by atoms with E-state index in [2.05, 4.69) is 5.32 Å². The van der Waals surface area contributed by atoms with Crippen LogP contribution in [-0.2, 0) is 9.53 Å². The van der Waals surface area contributed by atoms with Crippen molar-refractivity contribution in [1.29, 1.82) is 0 Å². The molecule has 2 atom stereocenters. The third-order valence-corrected chi connectivity index (χ3v) is 3.81. The highest BCUT2D eigenvalue weighted by atomic mass is 16.5. The van der Waals surface area contributed by atoms with Gasteiger partial charge in [-0.25, -0.2) is 4.79 Å². The fourth-order valence-electron chi connectivity index (χ4n) is 2.76. The molecular formula is C16H21NO4. The SMILES string of the molecule is CCOC(=O)c1ccccc1NC1CCCC(C(=O)O)C1. The molecule has 21 heavy (non-hydrogen) atoms. The molecule has 0 saturated heterocycles. The van der Waals surface area contributed by atoms with Crippen LogP contribution >= 0.6 is 0 Å². The van der Waals surface area contributed by atoms with Crippen molar-refractivity contribution in [1.82, 2.24) is 0 Å². The molecule has 2 rings (SSSR count). The molecule has 0 bridgehead atoms. The Labute approximate surface area is 124 Å². The van der Waals surface area contributed by atoms with Gasteiger partial charge in [-0.05, 0) is 38.3 Å². The minimum Gasteiger partial charge on any atom is -0.481 e. The number of aliphatic carboxylic acids is 1. The molecule has 1 aromatic rings.